The number of halogens is 3. The number of nitrogens with zero attached hydrogens (tertiary/aromatic N) is 1. The number of anilines is 1. The number of rotatable bonds is 4. The summed E-state index contributed by atoms with van der Waals surface area (Å²) < 4.78 is 37.9. The maximum atomic E-state index is 12.6. The average molecular weight is 245 g/mol. The van der Waals surface area contributed by atoms with Crippen LogP contribution in [0.15, 0.2) is 18.3 Å². The van der Waals surface area contributed by atoms with E-state index in [-0.39, 0.29) is 11.9 Å². The van der Waals surface area contributed by atoms with Gasteiger partial charge in [-0.1, -0.05) is 0 Å². The third-order valence-electron chi connectivity index (χ3n) is 2.85. The summed E-state index contributed by atoms with van der Waals surface area (Å²) in [5.41, 5.74) is 5.07. The first-order chi connectivity index (χ1) is 7.98. The lowest BCUT2D eigenvalue weighted by atomic mass is 10.2. The lowest BCUT2D eigenvalue weighted by molar-refractivity contribution is -0.137. The van der Waals surface area contributed by atoms with E-state index in [0.717, 1.165) is 18.9 Å². The molecule has 94 valence electrons. The number of alkyl halides is 3. The average Bonchev–Trinajstić information content (AvgIpc) is 3.08. The zero-order chi connectivity index (χ0) is 12.5. The van der Waals surface area contributed by atoms with E-state index < -0.39 is 11.7 Å². The highest BCUT2D eigenvalue weighted by atomic mass is 19.4. The first-order valence-electron chi connectivity index (χ1n) is 5.50. The zero-order valence-electron chi connectivity index (χ0n) is 9.17. The molecular weight excluding hydrogens is 231 g/mol. The normalized spacial score (nSPS) is 17.9. The van der Waals surface area contributed by atoms with E-state index in [9.17, 15) is 13.2 Å². The molecule has 1 aliphatic rings. The van der Waals surface area contributed by atoms with Crippen LogP contribution in [0.2, 0.25) is 0 Å². The van der Waals surface area contributed by atoms with Crippen molar-refractivity contribution < 1.29 is 13.2 Å². The van der Waals surface area contributed by atoms with E-state index in [2.05, 4.69) is 10.3 Å². The van der Waals surface area contributed by atoms with E-state index in [0.29, 0.717) is 12.5 Å². The third-order valence-corrected chi connectivity index (χ3v) is 2.85. The van der Waals surface area contributed by atoms with Gasteiger partial charge < -0.3 is 11.1 Å². The third kappa shape index (κ3) is 3.09. The fourth-order valence-corrected chi connectivity index (χ4v) is 1.68. The molecule has 0 aliphatic heterocycles. The van der Waals surface area contributed by atoms with Crippen molar-refractivity contribution in [3.05, 3.63) is 23.9 Å². The number of hydrogen-bond donors (Lipinski definition) is 2. The van der Waals surface area contributed by atoms with Gasteiger partial charge in [-0.05, 0) is 30.9 Å². The highest BCUT2D eigenvalue weighted by molar-refractivity contribution is 5.45. The van der Waals surface area contributed by atoms with Gasteiger partial charge >= 0.3 is 6.18 Å². The van der Waals surface area contributed by atoms with Gasteiger partial charge in [-0.25, -0.2) is 4.98 Å². The van der Waals surface area contributed by atoms with Crippen LogP contribution in [0.4, 0.5) is 19.0 Å². The fraction of sp³-hybridized carbons (Fsp3) is 0.545. The number of hydrogen-bond acceptors (Lipinski definition) is 3. The van der Waals surface area contributed by atoms with Gasteiger partial charge in [-0.15, -0.1) is 0 Å². The van der Waals surface area contributed by atoms with E-state index in [1.165, 1.54) is 12.3 Å². The molecule has 17 heavy (non-hydrogen) atoms. The molecule has 1 aromatic heterocycles. The summed E-state index contributed by atoms with van der Waals surface area (Å²) >= 11 is 0. The van der Waals surface area contributed by atoms with Crippen molar-refractivity contribution >= 4 is 5.82 Å². The molecule has 1 saturated carbocycles. The van der Waals surface area contributed by atoms with E-state index >= 15 is 0 Å². The second-order valence-corrected chi connectivity index (χ2v) is 4.28. The first-order valence-corrected chi connectivity index (χ1v) is 5.50. The Bertz CT molecular complexity index is 388. The van der Waals surface area contributed by atoms with Crippen LogP contribution in [-0.4, -0.2) is 17.6 Å². The van der Waals surface area contributed by atoms with Gasteiger partial charge in [-0.2, -0.15) is 13.2 Å². The van der Waals surface area contributed by atoms with Crippen LogP contribution < -0.4 is 11.1 Å². The van der Waals surface area contributed by atoms with Crippen LogP contribution in [0.1, 0.15) is 18.4 Å². The van der Waals surface area contributed by atoms with E-state index in [1.807, 2.05) is 0 Å². The molecule has 1 unspecified atom stereocenters. The molecule has 1 atom stereocenters. The summed E-state index contributed by atoms with van der Waals surface area (Å²) in [6.07, 6.45) is -0.922. The maximum Gasteiger partial charge on any atom is 0.419 e. The van der Waals surface area contributed by atoms with Crippen LogP contribution in [0.5, 0.6) is 0 Å². The Balaban J connectivity index is 2.04. The van der Waals surface area contributed by atoms with Crippen molar-refractivity contribution in [3.63, 3.8) is 0 Å². The zero-order valence-corrected chi connectivity index (χ0v) is 9.17. The van der Waals surface area contributed by atoms with Gasteiger partial charge in [0.1, 0.15) is 5.82 Å². The van der Waals surface area contributed by atoms with Gasteiger partial charge in [0.2, 0.25) is 0 Å². The fourth-order valence-electron chi connectivity index (χ4n) is 1.68. The maximum absolute atomic E-state index is 12.6. The monoisotopic (exact) mass is 245 g/mol. The van der Waals surface area contributed by atoms with Crippen molar-refractivity contribution in [1.82, 2.24) is 4.98 Å². The lowest BCUT2D eigenvalue weighted by Crippen LogP contribution is -2.31. The van der Waals surface area contributed by atoms with Crippen molar-refractivity contribution in [3.8, 4) is 0 Å². The molecule has 0 radical (unpaired) electrons. The Hall–Kier alpha value is -1.30. The number of pyridine rings is 1. The molecule has 0 bridgehead atoms. The molecular formula is C11H14F3N3. The molecule has 2 rings (SSSR count). The molecule has 3 N–H and O–H groups in total. The second-order valence-electron chi connectivity index (χ2n) is 4.28. The van der Waals surface area contributed by atoms with Crippen molar-refractivity contribution in [1.29, 1.82) is 0 Å². The molecule has 0 saturated heterocycles. The second kappa shape index (κ2) is 4.52. The van der Waals surface area contributed by atoms with Gasteiger partial charge in [0.15, 0.2) is 0 Å². The lowest BCUT2D eigenvalue weighted by Gasteiger charge is -2.16. The molecule has 1 aliphatic carbocycles. The largest absolute Gasteiger partial charge is 0.419 e. The highest BCUT2D eigenvalue weighted by Gasteiger charge is 2.34. The number of nitrogens with two attached hydrogens (primary N) is 1. The number of aromatic nitrogens is 1. The summed E-state index contributed by atoms with van der Waals surface area (Å²) in [5, 5.41) is 2.68. The molecule has 3 nitrogen and oxygen atoms in total. The summed E-state index contributed by atoms with van der Waals surface area (Å²) in [6.45, 7) is 0.324. The van der Waals surface area contributed by atoms with Crippen LogP contribution in [0, 0.1) is 5.92 Å². The molecule has 6 heteroatoms. The number of nitrogens with one attached hydrogen (secondary N) is 1. The quantitative estimate of drug-likeness (QED) is 0.855. The van der Waals surface area contributed by atoms with E-state index in [1.54, 1.807) is 0 Å². The van der Waals surface area contributed by atoms with Crippen LogP contribution >= 0.6 is 0 Å². The Morgan fingerprint density at radius 1 is 1.47 bits per heavy atom. The molecule has 0 aromatic carbocycles. The molecule has 1 aromatic rings. The van der Waals surface area contributed by atoms with Gasteiger partial charge in [0.25, 0.3) is 0 Å². The molecule has 0 spiro atoms. The minimum absolute atomic E-state index is 0.0990. The Labute approximate surface area is 97.2 Å². The van der Waals surface area contributed by atoms with Crippen LogP contribution in [0.25, 0.3) is 0 Å². The Morgan fingerprint density at radius 2 is 2.18 bits per heavy atom. The summed E-state index contributed by atoms with van der Waals surface area (Å²) in [7, 11) is 0. The minimum Gasteiger partial charge on any atom is -0.368 e. The Morgan fingerprint density at radius 3 is 2.76 bits per heavy atom. The summed E-state index contributed by atoms with van der Waals surface area (Å²) in [4.78, 5) is 3.71. The predicted octanol–water partition coefficient (Wildman–Crippen LogP) is 2.25. The van der Waals surface area contributed by atoms with Gasteiger partial charge in [0.05, 0.1) is 5.56 Å². The highest BCUT2D eigenvalue weighted by Crippen LogP contribution is 2.34. The van der Waals surface area contributed by atoms with Crippen molar-refractivity contribution in [2.24, 2.45) is 11.7 Å². The van der Waals surface area contributed by atoms with Crippen molar-refractivity contribution in [2.75, 3.05) is 11.9 Å². The van der Waals surface area contributed by atoms with Crippen LogP contribution in [0.3, 0.4) is 0 Å². The summed E-state index contributed by atoms with van der Waals surface area (Å²) in [5.74, 6) is 0.302. The van der Waals surface area contributed by atoms with E-state index in [4.69, 9.17) is 5.73 Å². The first kappa shape index (κ1) is 12.2. The molecule has 0 amide bonds. The topological polar surface area (TPSA) is 50.9 Å². The SMILES string of the molecule is NC(CNc1ncccc1C(F)(F)F)C1CC1. The Kier molecular flexibility index (Phi) is 3.24. The summed E-state index contributed by atoms with van der Waals surface area (Å²) in [6, 6.07) is 2.19. The molecule has 1 heterocycles. The minimum atomic E-state index is -4.39. The van der Waals surface area contributed by atoms with Gasteiger partial charge in [-0.3, -0.25) is 0 Å². The van der Waals surface area contributed by atoms with Crippen molar-refractivity contribution in [2.45, 2.75) is 25.1 Å². The standard InChI is InChI=1S/C11H14F3N3/c12-11(13,14)8-2-1-5-16-10(8)17-6-9(15)7-3-4-7/h1-2,5,7,9H,3-4,6,15H2,(H,16,17). The molecule has 1 fully saturated rings. The smallest absolute Gasteiger partial charge is 0.368 e. The van der Waals surface area contributed by atoms with Crippen LogP contribution in [-0.2, 0) is 6.18 Å². The van der Waals surface area contributed by atoms with Gasteiger partial charge in [0, 0.05) is 18.8 Å². The predicted molar refractivity (Wildman–Crippen MR) is 58.4 cm³/mol.